The first-order valence-corrected chi connectivity index (χ1v) is 12.8. The SMILES string of the molecule is COc1cc2c(Nc3ccc(Br)c(Cl)c3Cl)ncnc2cc1OC[C@H]1CN2CCCC[C@H]2CO1. The van der Waals surface area contributed by atoms with E-state index < -0.39 is 0 Å². The molecule has 180 valence electrons. The third kappa shape index (κ3) is 4.93. The summed E-state index contributed by atoms with van der Waals surface area (Å²) in [6.07, 6.45) is 5.30. The van der Waals surface area contributed by atoms with Crippen LogP contribution in [0.25, 0.3) is 10.9 Å². The van der Waals surface area contributed by atoms with E-state index >= 15 is 0 Å². The molecule has 5 rings (SSSR count). The van der Waals surface area contributed by atoms with Crippen LogP contribution in [0.2, 0.25) is 10.0 Å². The summed E-state index contributed by atoms with van der Waals surface area (Å²) in [5, 5.41) is 4.85. The number of methoxy groups -OCH3 is 1. The molecule has 0 aliphatic carbocycles. The zero-order valence-electron chi connectivity index (χ0n) is 18.7. The molecule has 2 atom stereocenters. The van der Waals surface area contributed by atoms with E-state index in [4.69, 9.17) is 37.4 Å². The minimum Gasteiger partial charge on any atom is -0.493 e. The maximum Gasteiger partial charge on any atom is 0.163 e. The third-order valence-electron chi connectivity index (χ3n) is 6.35. The van der Waals surface area contributed by atoms with Crippen molar-refractivity contribution in [3.63, 3.8) is 0 Å². The number of morpholine rings is 1. The Morgan fingerprint density at radius 3 is 2.91 bits per heavy atom. The summed E-state index contributed by atoms with van der Waals surface area (Å²) in [7, 11) is 1.62. The molecular formula is C24H25BrCl2N4O3. The highest BCUT2D eigenvalue weighted by atomic mass is 79.9. The van der Waals surface area contributed by atoms with Gasteiger partial charge in [-0.05, 0) is 53.5 Å². The van der Waals surface area contributed by atoms with Gasteiger partial charge >= 0.3 is 0 Å². The van der Waals surface area contributed by atoms with Gasteiger partial charge < -0.3 is 19.5 Å². The fourth-order valence-corrected chi connectivity index (χ4v) is 5.34. The number of nitrogens with zero attached hydrogens (tertiary/aromatic N) is 3. The molecule has 0 saturated carbocycles. The van der Waals surface area contributed by atoms with Crippen molar-refractivity contribution >= 4 is 61.5 Å². The Hall–Kier alpha value is -1.84. The van der Waals surface area contributed by atoms with Gasteiger partial charge in [-0.15, -0.1) is 0 Å². The van der Waals surface area contributed by atoms with E-state index in [1.165, 1.54) is 25.6 Å². The van der Waals surface area contributed by atoms with Crippen LogP contribution in [-0.2, 0) is 4.74 Å². The van der Waals surface area contributed by atoms with Crippen LogP contribution in [0.3, 0.4) is 0 Å². The largest absolute Gasteiger partial charge is 0.493 e. The van der Waals surface area contributed by atoms with Crippen LogP contribution in [0.5, 0.6) is 11.5 Å². The van der Waals surface area contributed by atoms with Gasteiger partial charge in [0.2, 0.25) is 0 Å². The van der Waals surface area contributed by atoms with Crippen molar-refractivity contribution in [2.75, 3.05) is 38.7 Å². The lowest BCUT2D eigenvalue weighted by atomic mass is 10.0. The minimum absolute atomic E-state index is 0.0293. The highest BCUT2D eigenvalue weighted by Gasteiger charge is 2.31. The van der Waals surface area contributed by atoms with Crippen LogP contribution in [0.4, 0.5) is 11.5 Å². The van der Waals surface area contributed by atoms with E-state index in [-0.39, 0.29) is 6.10 Å². The number of aromatic nitrogens is 2. The predicted molar refractivity (Wildman–Crippen MR) is 138 cm³/mol. The van der Waals surface area contributed by atoms with Gasteiger partial charge in [-0.25, -0.2) is 9.97 Å². The van der Waals surface area contributed by atoms with Gasteiger partial charge in [-0.1, -0.05) is 29.6 Å². The number of anilines is 2. The first kappa shape index (κ1) is 23.9. The fourth-order valence-electron chi connectivity index (χ4n) is 4.52. The minimum atomic E-state index is 0.0293. The summed E-state index contributed by atoms with van der Waals surface area (Å²) in [5.74, 6) is 1.80. The van der Waals surface area contributed by atoms with Crippen LogP contribution in [0, 0.1) is 0 Å². The molecule has 0 radical (unpaired) electrons. The Balaban J connectivity index is 1.36. The monoisotopic (exact) mass is 566 g/mol. The summed E-state index contributed by atoms with van der Waals surface area (Å²) in [6, 6.07) is 7.94. The van der Waals surface area contributed by atoms with Gasteiger partial charge in [0.15, 0.2) is 11.5 Å². The van der Waals surface area contributed by atoms with Crippen LogP contribution in [0.15, 0.2) is 35.1 Å². The number of rotatable bonds is 6. The summed E-state index contributed by atoms with van der Waals surface area (Å²) in [6.45, 7) is 3.26. The Labute approximate surface area is 216 Å². The van der Waals surface area contributed by atoms with Crippen molar-refractivity contribution in [2.24, 2.45) is 0 Å². The molecule has 2 aliphatic rings. The molecule has 1 aromatic heterocycles. The Morgan fingerprint density at radius 2 is 2.06 bits per heavy atom. The molecule has 1 N–H and O–H groups in total. The van der Waals surface area contributed by atoms with Gasteiger partial charge in [-0.2, -0.15) is 0 Å². The molecule has 0 amide bonds. The molecule has 7 nitrogen and oxygen atoms in total. The molecule has 3 heterocycles. The number of halogens is 3. The summed E-state index contributed by atoms with van der Waals surface area (Å²) in [5.41, 5.74) is 1.35. The first-order valence-electron chi connectivity index (χ1n) is 11.2. The van der Waals surface area contributed by atoms with Crippen molar-refractivity contribution in [2.45, 2.75) is 31.4 Å². The zero-order valence-corrected chi connectivity index (χ0v) is 21.8. The van der Waals surface area contributed by atoms with Gasteiger partial charge in [-0.3, -0.25) is 4.90 Å². The van der Waals surface area contributed by atoms with Crippen molar-refractivity contribution in [1.29, 1.82) is 0 Å². The average Bonchev–Trinajstić information content (AvgIpc) is 2.87. The van der Waals surface area contributed by atoms with E-state index in [0.717, 1.165) is 29.6 Å². The van der Waals surface area contributed by atoms with Crippen LogP contribution in [-0.4, -0.2) is 60.4 Å². The van der Waals surface area contributed by atoms with E-state index in [1.54, 1.807) is 7.11 Å². The summed E-state index contributed by atoms with van der Waals surface area (Å²) in [4.78, 5) is 11.4. The van der Waals surface area contributed by atoms with E-state index in [9.17, 15) is 0 Å². The first-order chi connectivity index (χ1) is 16.5. The number of hydrogen-bond donors (Lipinski definition) is 1. The molecule has 3 aromatic rings. The number of hydrogen-bond acceptors (Lipinski definition) is 7. The normalized spacial score (nSPS) is 20.7. The molecule has 2 saturated heterocycles. The van der Waals surface area contributed by atoms with Crippen molar-refractivity contribution in [3.05, 3.63) is 45.1 Å². The molecule has 0 spiro atoms. The number of fused-ring (bicyclic) bond motifs is 2. The van der Waals surface area contributed by atoms with Gasteiger partial charge in [0.1, 0.15) is 24.9 Å². The Kier molecular flexibility index (Phi) is 7.32. The number of piperidine rings is 1. The van der Waals surface area contributed by atoms with Crippen LogP contribution in [0.1, 0.15) is 19.3 Å². The molecule has 2 fully saturated rings. The fraction of sp³-hybridized carbons (Fsp3) is 0.417. The van der Waals surface area contributed by atoms with E-state index in [2.05, 4.69) is 36.1 Å². The smallest absolute Gasteiger partial charge is 0.163 e. The van der Waals surface area contributed by atoms with Crippen molar-refractivity contribution in [3.8, 4) is 11.5 Å². The quantitative estimate of drug-likeness (QED) is 0.362. The lowest BCUT2D eigenvalue weighted by Gasteiger charge is -2.42. The molecule has 34 heavy (non-hydrogen) atoms. The molecule has 2 aromatic carbocycles. The Bertz CT molecular complexity index is 1200. The van der Waals surface area contributed by atoms with Gasteiger partial charge in [0.05, 0.1) is 35.0 Å². The molecule has 0 bridgehead atoms. The van der Waals surface area contributed by atoms with E-state index in [1.807, 2.05) is 24.3 Å². The second-order valence-corrected chi connectivity index (χ2v) is 10.1. The summed E-state index contributed by atoms with van der Waals surface area (Å²) < 4.78 is 18.6. The lowest BCUT2D eigenvalue weighted by Crippen LogP contribution is -2.53. The number of nitrogens with one attached hydrogen (secondary N) is 1. The highest BCUT2D eigenvalue weighted by Crippen LogP contribution is 2.39. The second-order valence-electron chi connectivity index (χ2n) is 8.50. The second kappa shape index (κ2) is 10.4. The van der Waals surface area contributed by atoms with Gasteiger partial charge in [0.25, 0.3) is 0 Å². The predicted octanol–water partition coefficient (Wildman–Crippen LogP) is 6.08. The number of ether oxygens (including phenoxy) is 3. The van der Waals surface area contributed by atoms with Crippen LogP contribution >= 0.6 is 39.1 Å². The average molecular weight is 568 g/mol. The molecule has 0 unspecified atom stereocenters. The third-order valence-corrected chi connectivity index (χ3v) is 8.12. The Morgan fingerprint density at radius 1 is 1.18 bits per heavy atom. The van der Waals surface area contributed by atoms with Crippen LogP contribution < -0.4 is 14.8 Å². The standard InChI is InChI=1S/C24H25BrCl2N4O3/c1-32-20-8-16-19(28-13-29-24(16)30-18-6-5-17(25)22(26)23(18)27)9-21(20)34-12-15-10-31-7-3-2-4-14(31)11-33-15/h5-6,8-9,13-15H,2-4,7,10-12H2,1H3,(H,28,29,30)/t14-,15+/m0/s1. The van der Waals surface area contributed by atoms with E-state index in [0.29, 0.717) is 51.2 Å². The topological polar surface area (TPSA) is 68.7 Å². The maximum absolute atomic E-state index is 6.41. The lowest BCUT2D eigenvalue weighted by molar-refractivity contribution is -0.0883. The highest BCUT2D eigenvalue weighted by molar-refractivity contribution is 9.10. The molecule has 2 aliphatic heterocycles. The molecular weight excluding hydrogens is 543 g/mol. The van der Waals surface area contributed by atoms with Gasteiger partial charge in [0, 0.05) is 28.5 Å². The number of benzene rings is 2. The zero-order chi connectivity index (χ0) is 23.7. The van der Waals surface area contributed by atoms with Crippen molar-refractivity contribution in [1.82, 2.24) is 14.9 Å². The molecule has 10 heteroatoms. The summed E-state index contributed by atoms with van der Waals surface area (Å²) >= 11 is 16.1. The van der Waals surface area contributed by atoms with Crippen molar-refractivity contribution < 1.29 is 14.2 Å². The maximum atomic E-state index is 6.41.